The monoisotopic (exact) mass is 410 g/mol. The number of hydrogen-bond donors (Lipinski definition) is 2. The fourth-order valence-electron chi connectivity index (χ4n) is 3.07. The molecule has 0 atom stereocenters. The molecule has 0 aromatic heterocycles. The highest BCUT2D eigenvalue weighted by Gasteiger charge is 2.48. The summed E-state index contributed by atoms with van der Waals surface area (Å²) in [7, 11) is -3.53. The van der Waals surface area contributed by atoms with Crippen molar-refractivity contribution in [3.63, 3.8) is 0 Å². The summed E-state index contributed by atoms with van der Waals surface area (Å²) in [5, 5.41) is 5.85. The van der Waals surface area contributed by atoms with E-state index in [1.165, 1.54) is 0 Å². The third-order valence-corrected chi connectivity index (χ3v) is 6.64. The van der Waals surface area contributed by atoms with Crippen LogP contribution in [0.5, 0.6) is 11.5 Å². The molecule has 0 bridgehead atoms. The Morgan fingerprint density at radius 1 is 1.00 bits per heavy atom. The van der Waals surface area contributed by atoms with E-state index in [2.05, 4.69) is 10.6 Å². The van der Waals surface area contributed by atoms with Crippen molar-refractivity contribution >= 4 is 33.8 Å². The van der Waals surface area contributed by atoms with E-state index in [9.17, 15) is 13.2 Å². The van der Waals surface area contributed by atoms with Crippen molar-refractivity contribution in [3.05, 3.63) is 54.6 Å². The van der Waals surface area contributed by atoms with Gasteiger partial charge in [-0.2, -0.15) is 0 Å². The summed E-state index contributed by atoms with van der Waals surface area (Å²) in [4.78, 5) is 12.8. The molecule has 1 aliphatic rings. The zero-order valence-electron chi connectivity index (χ0n) is 15.0. The van der Waals surface area contributed by atoms with Crippen molar-refractivity contribution in [2.75, 3.05) is 24.7 Å². The second-order valence-corrected chi connectivity index (χ2v) is 8.74. The molecule has 1 saturated heterocycles. The van der Waals surface area contributed by atoms with Gasteiger partial charge in [0.05, 0.1) is 0 Å². The Kier molecular flexibility index (Phi) is 6.86. The van der Waals surface area contributed by atoms with Gasteiger partial charge in [0, 0.05) is 11.9 Å². The molecule has 6 nitrogen and oxygen atoms in total. The molecule has 146 valence electrons. The molecule has 1 fully saturated rings. The van der Waals surface area contributed by atoms with E-state index >= 15 is 0 Å². The lowest BCUT2D eigenvalue weighted by Crippen LogP contribution is -2.55. The molecule has 1 aliphatic heterocycles. The number of rotatable bonds is 5. The number of hydrogen-bond acceptors (Lipinski definition) is 5. The van der Waals surface area contributed by atoms with Crippen LogP contribution in [0.3, 0.4) is 0 Å². The maximum Gasteiger partial charge on any atom is 0.245 e. The van der Waals surface area contributed by atoms with Crippen LogP contribution < -0.4 is 15.4 Å². The quantitative estimate of drug-likeness (QED) is 0.791. The summed E-state index contributed by atoms with van der Waals surface area (Å²) >= 11 is 0. The fraction of sp³-hybridized carbons (Fsp3) is 0.316. The minimum Gasteiger partial charge on any atom is -0.457 e. The number of amides is 1. The van der Waals surface area contributed by atoms with Crippen LogP contribution in [0.2, 0.25) is 0 Å². The van der Waals surface area contributed by atoms with E-state index in [1.807, 2.05) is 30.3 Å². The molecule has 27 heavy (non-hydrogen) atoms. The lowest BCUT2D eigenvalue weighted by molar-refractivity contribution is -0.119. The van der Waals surface area contributed by atoms with Crippen LogP contribution in [-0.4, -0.2) is 38.4 Å². The van der Waals surface area contributed by atoms with E-state index in [-0.39, 0.29) is 25.2 Å². The van der Waals surface area contributed by atoms with Gasteiger partial charge in [0.1, 0.15) is 11.5 Å². The lowest BCUT2D eigenvalue weighted by Gasteiger charge is -2.34. The van der Waals surface area contributed by atoms with Gasteiger partial charge in [-0.15, -0.1) is 12.4 Å². The molecule has 0 saturated carbocycles. The van der Waals surface area contributed by atoms with Crippen LogP contribution in [0.1, 0.15) is 12.8 Å². The molecule has 1 heterocycles. The fourth-order valence-corrected chi connectivity index (χ4v) is 4.41. The van der Waals surface area contributed by atoms with Crippen molar-refractivity contribution in [2.24, 2.45) is 0 Å². The standard InChI is InChI=1S/C19H22N2O4S.ClH/c1-26(23,24)19(11-13-20-14-12-19)18(22)21-15-7-9-17(10-8-15)25-16-5-3-2-4-6-16;/h2-10,20H,11-14H2,1H3,(H,21,22);1H. The highest BCUT2D eigenvalue weighted by molar-refractivity contribution is 7.92. The maximum absolute atomic E-state index is 12.8. The van der Waals surface area contributed by atoms with Gasteiger partial charge in [-0.1, -0.05) is 18.2 Å². The van der Waals surface area contributed by atoms with Gasteiger partial charge in [0.15, 0.2) is 14.6 Å². The topological polar surface area (TPSA) is 84.5 Å². The summed E-state index contributed by atoms with van der Waals surface area (Å²) in [5.74, 6) is 0.877. The number of anilines is 1. The number of carbonyl (C=O) groups is 1. The highest BCUT2D eigenvalue weighted by atomic mass is 35.5. The van der Waals surface area contributed by atoms with Crippen LogP contribution in [0, 0.1) is 0 Å². The Morgan fingerprint density at radius 2 is 1.56 bits per heavy atom. The number of carbonyl (C=O) groups excluding carboxylic acids is 1. The largest absolute Gasteiger partial charge is 0.457 e. The molecule has 2 aromatic carbocycles. The first-order valence-electron chi connectivity index (χ1n) is 8.45. The summed E-state index contributed by atoms with van der Waals surface area (Å²) in [6.45, 7) is 1.01. The molecule has 0 aliphatic carbocycles. The molecular weight excluding hydrogens is 388 g/mol. The first-order valence-corrected chi connectivity index (χ1v) is 10.3. The molecular formula is C19H23ClN2O4S. The van der Waals surface area contributed by atoms with E-state index < -0.39 is 20.5 Å². The molecule has 2 N–H and O–H groups in total. The van der Waals surface area contributed by atoms with Crippen LogP contribution in [0.15, 0.2) is 54.6 Å². The van der Waals surface area contributed by atoms with Crippen molar-refractivity contribution < 1.29 is 17.9 Å². The van der Waals surface area contributed by atoms with E-state index in [0.717, 1.165) is 12.0 Å². The molecule has 0 radical (unpaired) electrons. The number of piperidine rings is 1. The van der Waals surface area contributed by atoms with Gasteiger partial charge < -0.3 is 15.4 Å². The lowest BCUT2D eigenvalue weighted by atomic mass is 9.95. The Hall–Kier alpha value is -2.09. The molecule has 2 aromatic rings. The van der Waals surface area contributed by atoms with Crippen LogP contribution in [0.25, 0.3) is 0 Å². The zero-order valence-corrected chi connectivity index (χ0v) is 16.6. The SMILES string of the molecule is CS(=O)(=O)C1(C(=O)Nc2ccc(Oc3ccccc3)cc2)CCNCC1.Cl. The van der Waals surface area contributed by atoms with Crippen LogP contribution in [-0.2, 0) is 14.6 Å². The van der Waals surface area contributed by atoms with Crippen LogP contribution >= 0.6 is 12.4 Å². The van der Waals surface area contributed by atoms with E-state index in [1.54, 1.807) is 24.3 Å². The summed E-state index contributed by atoms with van der Waals surface area (Å²) in [5.41, 5.74) is 0.539. The van der Waals surface area contributed by atoms with Crippen molar-refractivity contribution in [3.8, 4) is 11.5 Å². The van der Waals surface area contributed by atoms with Gasteiger partial charge in [0.2, 0.25) is 5.91 Å². The number of benzene rings is 2. The third-order valence-electron chi connectivity index (χ3n) is 4.63. The predicted octanol–water partition coefficient (Wildman–Crippen LogP) is 3.01. The second-order valence-electron chi connectivity index (χ2n) is 6.41. The van der Waals surface area contributed by atoms with Gasteiger partial charge in [-0.25, -0.2) is 8.42 Å². The van der Waals surface area contributed by atoms with Crippen LogP contribution in [0.4, 0.5) is 5.69 Å². The first-order chi connectivity index (χ1) is 12.4. The van der Waals surface area contributed by atoms with Gasteiger partial charge in [0.25, 0.3) is 0 Å². The van der Waals surface area contributed by atoms with E-state index in [0.29, 0.717) is 24.5 Å². The Bertz CT molecular complexity index is 864. The maximum atomic E-state index is 12.8. The molecule has 1 amide bonds. The minimum atomic E-state index is -3.53. The molecule has 0 unspecified atom stereocenters. The summed E-state index contributed by atoms with van der Waals surface area (Å²) in [6, 6.07) is 16.2. The minimum absolute atomic E-state index is 0. The summed E-state index contributed by atoms with van der Waals surface area (Å²) in [6.07, 6.45) is 1.68. The number of nitrogens with one attached hydrogen (secondary N) is 2. The average molecular weight is 411 g/mol. The summed E-state index contributed by atoms with van der Waals surface area (Å²) < 4.78 is 28.9. The van der Waals surface area contributed by atoms with E-state index in [4.69, 9.17) is 4.74 Å². The third kappa shape index (κ3) is 4.80. The second kappa shape index (κ2) is 8.73. The van der Waals surface area contributed by atoms with Gasteiger partial charge >= 0.3 is 0 Å². The number of para-hydroxylation sites is 1. The van der Waals surface area contributed by atoms with Crippen molar-refractivity contribution in [1.82, 2.24) is 5.32 Å². The first kappa shape index (κ1) is 21.2. The van der Waals surface area contributed by atoms with Crippen molar-refractivity contribution in [2.45, 2.75) is 17.6 Å². The smallest absolute Gasteiger partial charge is 0.245 e. The number of sulfone groups is 1. The molecule has 0 spiro atoms. The number of ether oxygens (including phenoxy) is 1. The predicted molar refractivity (Wildman–Crippen MR) is 109 cm³/mol. The van der Waals surface area contributed by atoms with Crippen molar-refractivity contribution in [1.29, 1.82) is 0 Å². The zero-order chi connectivity index (χ0) is 18.6. The highest BCUT2D eigenvalue weighted by Crippen LogP contribution is 2.30. The normalized spacial score (nSPS) is 16.0. The van der Waals surface area contributed by atoms with Gasteiger partial charge in [-0.05, 0) is 62.3 Å². The van der Waals surface area contributed by atoms with Gasteiger partial charge in [-0.3, -0.25) is 4.79 Å². The molecule has 3 rings (SSSR count). The molecule has 8 heteroatoms. The Labute approximate surface area is 165 Å². The number of halogens is 1. The Balaban J connectivity index is 0.00000261. The average Bonchev–Trinajstić information content (AvgIpc) is 2.64. The Morgan fingerprint density at radius 3 is 2.11 bits per heavy atom.